The van der Waals surface area contributed by atoms with Gasteiger partial charge in [-0.05, 0) is 142 Å². The molecule has 0 radical (unpaired) electrons. The van der Waals surface area contributed by atoms with Crippen molar-refractivity contribution in [3.63, 3.8) is 0 Å². The largest absolute Gasteiger partial charge is 0.378 e. The molecule has 0 aromatic rings. The van der Waals surface area contributed by atoms with E-state index in [2.05, 4.69) is 76.2 Å². The molecule has 0 heterocycles. The summed E-state index contributed by atoms with van der Waals surface area (Å²) in [6.45, 7) is 9.01. The highest BCUT2D eigenvalue weighted by Crippen LogP contribution is 2.27. The SMILES string of the molecule is CCCCC/C=C\CCCC(CCC/C=C\CCCCCC)C(CCC/C=C\CCCCC)OCCCCCN(C)C. The van der Waals surface area contributed by atoms with Crippen LogP contribution in [-0.4, -0.2) is 38.3 Å². The van der Waals surface area contributed by atoms with Crippen LogP contribution < -0.4 is 0 Å². The fraction of sp³-hybridized carbons (Fsp3) is 0.850. The lowest BCUT2D eigenvalue weighted by molar-refractivity contribution is -0.00271. The zero-order valence-electron chi connectivity index (χ0n) is 29.6. The van der Waals surface area contributed by atoms with E-state index in [0.717, 1.165) is 6.61 Å². The Hall–Kier alpha value is -0.860. The van der Waals surface area contributed by atoms with Gasteiger partial charge in [0.05, 0.1) is 6.10 Å². The van der Waals surface area contributed by atoms with Gasteiger partial charge in [0.15, 0.2) is 0 Å². The average molecular weight is 588 g/mol. The zero-order valence-corrected chi connectivity index (χ0v) is 29.6. The number of hydrogen-bond acceptors (Lipinski definition) is 2. The minimum Gasteiger partial charge on any atom is -0.378 e. The molecule has 0 bridgehead atoms. The molecule has 0 N–H and O–H groups in total. The highest BCUT2D eigenvalue weighted by Gasteiger charge is 2.21. The first kappa shape index (κ1) is 41.1. The Morgan fingerprint density at radius 3 is 1.33 bits per heavy atom. The zero-order chi connectivity index (χ0) is 30.8. The van der Waals surface area contributed by atoms with E-state index in [1.165, 1.54) is 167 Å². The Morgan fingerprint density at radius 1 is 0.452 bits per heavy atom. The first-order valence-corrected chi connectivity index (χ1v) is 18.9. The number of allylic oxidation sites excluding steroid dienone is 6. The van der Waals surface area contributed by atoms with Gasteiger partial charge in [0.1, 0.15) is 0 Å². The van der Waals surface area contributed by atoms with Gasteiger partial charge in [-0.15, -0.1) is 0 Å². The van der Waals surface area contributed by atoms with Crippen LogP contribution in [0.2, 0.25) is 0 Å². The van der Waals surface area contributed by atoms with Gasteiger partial charge in [-0.3, -0.25) is 0 Å². The van der Waals surface area contributed by atoms with Crippen LogP contribution in [0, 0.1) is 5.92 Å². The Labute approximate surface area is 266 Å². The summed E-state index contributed by atoms with van der Waals surface area (Å²) in [7, 11) is 4.36. The van der Waals surface area contributed by atoms with E-state index in [9.17, 15) is 0 Å². The van der Waals surface area contributed by atoms with Crippen molar-refractivity contribution in [3.8, 4) is 0 Å². The van der Waals surface area contributed by atoms with E-state index in [-0.39, 0.29) is 0 Å². The molecule has 0 aliphatic heterocycles. The normalized spacial score (nSPS) is 13.9. The van der Waals surface area contributed by atoms with Crippen LogP contribution in [0.1, 0.15) is 181 Å². The number of ether oxygens (including phenoxy) is 1. The molecule has 248 valence electrons. The maximum Gasteiger partial charge on any atom is 0.0603 e. The molecule has 0 aliphatic rings. The summed E-state index contributed by atoms with van der Waals surface area (Å²) >= 11 is 0. The maximum absolute atomic E-state index is 6.75. The van der Waals surface area contributed by atoms with Gasteiger partial charge in [0, 0.05) is 6.61 Å². The van der Waals surface area contributed by atoms with Gasteiger partial charge in [0.2, 0.25) is 0 Å². The third kappa shape index (κ3) is 30.6. The van der Waals surface area contributed by atoms with Crippen LogP contribution in [0.3, 0.4) is 0 Å². The predicted octanol–water partition coefficient (Wildman–Crippen LogP) is 13.0. The molecule has 0 rings (SSSR count). The van der Waals surface area contributed by atoms with Gasteiger partial charge < -0.3 is 9.64 Å². The predicted molar refractivity (Wildman–Crippen MR) is 192 cm³/mol. The summed E-state index contributed by atoms with van der Waals surface area (Å²) < 4.78 is 6.75. The van der Waals surface area contributed by atoms with Crippen LogP contribution in [0.4, 0.5) is 0 Å². The summed E-state index contributed by atoms with van der Waals surface area (Å²) in [6, 6.07) is 0. The minimum absolute atomic E-state index is 0.430. The van der Waals surface area contributed by atoms with E-state index in [4.69, 9.17) is 4.74 Å². The smallest absolute Gasteiger partial charge is 0.0603 e. The van der Waals surface area contributed by atoms with E-state index in [1.807, 2.05) is 0 Å². The third-order valence-corrected chi connectivity index (χ3v) is 8.53. The molecule has 2 nitrogen and oxygen atoms in total. The molecule has 0 saturated heterocycles. The fourth-order valence-electron chi connectivity index (χ4n) is 5.77. The van der Waals surface area contributed by atoms with Crippen molar-refractivity contribution < 1.29 is 4.74 Å². The van der Waals surface area contributed by atoms with Crippen molar-refractivity contribution in [2.75, 3.05) is 27.2 Å². The standard InChI is InChI=1S/C40H77NO/c1-6-9-12-15-18-21-23-26-30-35-39(34-29-25-22-19-16-13-10-7-2)40(42-38-33-28-32-37-41(4)5)36-31-27-24-20-17-14-11-8-3/h19-24,39-40H,6-18,25-38H2,1-5H3/b22-19-,23-21-,24-20-. The molecule has 0 saturated carbocycles. The van der Waals surface area contributed by atoms with Crippen LogP contribution >= 0.6 is 0 Å². The molecular weight excluding hydrogens is 510 g/mol. The van der Waals surface area contributed by atoms with Crippen molar-refractivity contribution in [2.45, 2.75) is 187 Å². The summed E-state index contributed by atoms with van der Waals surface area (Å²) in [4.78, 5) is 2.30. The lowest BCUT2D eigenvalue weighted by Crippen LogP contribution is -2.25. The summed E-state index contributed by atoms with van der Waals surface area (Å²) in [5, 5.41) is 0. The first-order chi connectivity index (χ1) is 20.7. The van der Waals surface area contributed by atoms with E-state index < -0.39 is 0 Å². The molecule has 0 amide bonds. The topological polar surface area (TPSA) is 12.5 Å². The number of nitrogens with zero attached hydrogens (tertiary/aromatic N) is 1. The fourth-order valence-corrected chi connectivity index (χ4v) is 5.77. The van der Waals surface area contributed by atoms with Crippen molar-refractivity contribution in [2.24, 2.45) is 5.92 Å². The molecule has 42 heavy (non-hydrogen) atoms. The third-order valence-electron chi connectivity index (χ3n) is 8.53. The van der Waals surface area contributed by atoms with Crippen LogP contribution in [0.25, 0.3) is 0 Å². The van der Waals surface area contributed by atoms with Crippen LogP contribution in [0.15, 0.2) is 36.5 Å². The summed E-state index contributed by atoms with van der Waals surface area (Å²) in [5.41, 5.74) is 0. The van der Waals surface area contributed by atoms with Crippen molar-refractivity contribution in [3.05, 3.63) is 36.5 Å². The molecule has 2 unspecified atom stereocenters. The first-order valence-electron chi connectivity index (χ1n) is 18.9. The number of rotatable bonds is 33. The van der Waals surface area contributed by atoms with Crippen LogP contribution in [0.5, 0.6) is 0 Å². The molecular formula is C40H77NO. The van der Waals surface area contributed by atoms with Gasteiger partial charge in [-0.2, -0.15) is 0 Å². The summed E-state index contributed by atoms with van der Waals surface area (Å²) in [6.07, 6.45) is 47.6. The van der Waals surface area contributed by atoms with Gasteiger partial charge in [0.25, 0.3) is 0 Å². The minimum atomic E-state index is 0.430. The Morgan fingerprint density at radius 2 is 0.857 bits per heavy atom. The van der Waals surface area contributed by atoms with Crippen molar-refractivity contribution >= 4 is 0 Å². The van der Waals surface area contributed by atoms with E-state index in [0.29, 0.717) is 12.0 Å². The molecule has 0 aliphatic carbocycles. The Balaban J connectivity index is 4.95. The lowest BCUT2D eigenvalue weighted by Gasteiger charge is -2.28. The van der Waals surface area contributed by atoms with Crippen LogP contribution in [-0.2, 0) is 4.74 Å². The average Bonchev–Trinajstić information content (AvgIpc) is 2.98. The molecule has 2 atom stereocenters. The second-order valence-electron chi connectivity index (χ2n) is 13.1. The monoisotopic (exact) mass is 588 g/mol. The van der Waals surface area contributed by atoms with Crippen molar-refractivity contribution in [1.82, 2.24) is 4.90 Å². The molecule has 2 heteroatoms. The highest BCUT2D eigenvalue weighted by molar-refractivity contribution is 4.85. The molecule has 0 aromatic heterocycles. The second kappa shape index (κ2) is 34.6. The number of unbranched alkanes of at least 4 members (excludes halogenated alkanes) is 15. The van der Waals surface area contributed by atoms with Crippen molar-refractivity contribution in [1.29, 1.82) is 0 Å². The maximum atomic E-state index is 6.75. The second-order valence-corrected chi connectivity index (χ2v) is 13.1. The van der Waals surface area contributed by atoms with Gasteiger partial charge in [-0.1, -0.05) is 102 Å². The van der Waals surface area contributed by atoms with Gasteiger partial charge >= 0.3 is 0 Å². The molecule has 0 aromatic carbocycles. The van der Waals surface area contributed by atoms with E-state index in [1.54, 1.807) is 0 Å². The molecule has 0 spiro atoms. The van der Waals surface area contributed by atoms with E-state index >= 15 is 0 Å². The molecule has 0 fully saturated rings. The quantitative estimate of drug-likeness (QED) is 0.0559. The Kier molecular flexibility index (Phi) is 33.9. The Bertz CT molecular complexity index is 592. The summed E-state index contributed by atoms with van der Waals surface area (Å²) in [5.74, 6) is 0.701. The lowest BCUT2D eigenvalue weighted by atomic mass is 9.87. The highest BCUT2D eigenvalue weighted by atomic mass is 16.5. The van der Waals surface area contributed by atoms with Gasteiger partial charge in [-0.25, -0.2) is 0 Å². The number of hydrogen-bond donors (Lipinski definition) is 0.